The van der Waals surface area contributed by atoms with E-state index < -0.39 is 5.41 Å². The number of aryl methyl sites for hydroxylation is 1. The minimum atomic E-state index is -0.421. The Labute approximate surface area is 106 Å². The SMILES string of the molecule is CCC1(C(=O)N=c2cc(OC)ccn2C)COC1. The first-order valence-corrected chi connectivity index (χ1v) is 5.99. The van der Waals surface area contributed by atoms with Crippen LogP contribution in [0.25, 0.3) is 0 Å². The van der Waals surface area contributed by atoms with Crippen LogP contribution in [-0.4, -0.2) is 30.8 Å². The number of methoxy groups -OCH3 is 1. The summed E-state index contributed by atoms with van der Waals surface area (Å²) in [5, 5.41) is 0. The first kappa shape index (κ1) is 12.8. The number of aromatic nitrogens is 1. The highest BCUT2D eigenvalue weighted by atomic mass is 16.5. The summed E-state index contributed by atoms with van der Waals surface area (Å²) in [6.07, 6.45) is 2.57. The average molecular weight is 250 g/mol. The van der Waals surface area contributed by atoms with Crippen molar-refractivity contribution in [2.24, 2.45) is 17.5 Å². The molecule has 98 valence electrons. The van der Waals surface area contributed by atoms with E-state index in [1.165, 1.54) is 0 Å². The molecule has 1 aromatic heterocycles. The fourth-order valence-electron chi connectivity index (χ4n) is 1.83. The predicted molar refractivity (Wildman–Crippen MR) is 66.1 cm³/mol. The first-order valence-electron chi connectivity index (χ1n) is 5.99. The smallest absolute Gasteiger partial charge is 0.258 e. The molecule has 0 saturated carbocycles. The standard InChI is InChI=1S/C13H18N2O3/c1-4-13(8-18-9-13)12(16)14-11-7-10(17-3)5-6-15(11)2/h5-7H,4,8-9H2,1-3H3. The number of rotatable bonds is 3. The summed E-state index contributed by atoms with van der Waals surface area (Å²) in [6, 6.07) is 3.58. The quantitative estimate of drug-likeness (QED) is 0.800. The number of hydrogen-bond donors (Lipinski definition) is 0. The van der Waals surface area contributed by atoms with Crippen LogP contribution in [0.4, 0.5) is 0 Å². The highest BCUT2D eigenvalue weighted by molar-refractivity contribution is 5.84. The Morgan fingerprint density at radius 2 is 2.33 bits per heavy atom. The zero-order valence-corrected chi connectivity index (χ0v) is 11.0. The summed E-state index contributed by atoms with van der Waals surface area (Å²) < 4.78 is 12.1. The number of hydrogen-bond acceptors (Lipinski definition) is 3. The molecule has 1 saturated heterocycles. The van der Waals surface area contributed by atoms with Crippen LogP contribution >= 0.6 is 0 Å². The second kappa shape index (κ2) is 4.94. The lowest BCUT2D eigenvalue weighted by molar-refractivity contribution is -0.158. The molecule has 1 fully saturated rings. The molecule has 0 aromatic carbocycles. The number of ether oxygens (including phenoxy) is 2. The van der Waals surface area contributed by atoms with Crippen LogP contribution in [-0.2, 0) is 16.6 Å². The molecule has 2 heterocycles. The number of carbonyl (C=O) groups is 1. The fourth-order valence-corrected chi connectivity index (χ4v) is 1.83. The van der Waals surface area contributed by atoms with Crippen molar-refractivity contribution in [2.45, 2.75) is 13.3 Å². The summed E-state index contributed by atoms with van der Waals surface area (Å²) in [5.41, 5.74) is 0.176. The summed E-state index contributed by atoms with van der Waals surface area (Å²) >= 11 is 0. The number of pyridine rings is 1. The Bertz CT molecular complexity index is 510. The van der Waals surface area contributed by atoms with Crippen LogP contribution in [0.3, 0.4) is 0 Å². The van der Waals surface area contributed by atoms with Gasteiger partial charge in [0.25, 0.3) is 5.91 Å². The predicted octanol–water partition coefficient (Wildman–Crippen LogP) is 0.888. The van der Waals surface area contributed by atoms with Gasteiger partial charge in [-0.05, 0) is 12.5 Å². The Morgan fingerprint density at radius 3 is 2.83 bits per heavy atom. The molecule has 1 aliphatic heterocycles. The molecule has 1 amide bonds. The van der Waals surface area contributed by atoms with E-state index in [1.807, 2.05) is 26.2 Å². The second-order valence-corrected chi connectivity index (χ2v) is 4.58. The Hall–Kier alpha value is -1.62. The van der Waals surface area contributed by atoms with Crippen molar-refractivity contribution in [3.05, 3.63) is 23.8 Å². The Balaban J connectivity index is 2.35. The molecule has 2 rings (SSSR count). The van der Waals surface area contributed by atoms with E-state index in [1.54, 1.807) is 17.7 Å². The average Bonchev–Trinajstić information content (AvgIpc) is 2.31. The normalized spacial score (nSPS) is 18.3. The van der Waals surface area contributed by atoms with Crippen molar-refractivity contribution in [1.29, 1.82) is 0 Å². The molecule has 5 nitrogen and oxygen atoms in total. The van der Waals surface area contributed by atoms with Crippen molar-refractivity contribution in [3.8, 4) is 5.75 Å². The maximum absolute atomic E-state index is 12.2. The van der Waals surface area contributed by atoms with E-state index >= 15 is 0 Å². The maximum Gasteiger partial charge on any atom is 0.258 e. The van der Waals surface area contributed by atoms with Gasteiger partial charge >= 0.3 is 0 Å². The van der Waals surface area contributed by atoms with Crippen LogP contribution in [0.15, 0.2) is 23.3 Å². The van der Waals surface area contributed by atoms with Gasteiger partial charge in [-0.2, -0.15) is 4.99 Å². The van der Waals surface area contributed by atoms with Gasteiger partial charge in [0.05, 0.1) is 25.7 Å². The van der Waals surface area contributed by atoms with E-state index in [4.69, 9.17) is 9.47 Å². The summed E-state index contributed by atoms with van der Waals surface area (Å²) in [4.78, 5) is 16.4. The third-order valence-electron chi connectivity index (χ3n) is 3.43. The molecule has 1 aliphatic rings. The molecule has 1 aromatic rings. The molecule has 0 bridgehead atoms. The Morgan fingerprint density at radius 1 is 1.61 bits per heavy atom. The molecule has 0 atom stereocenters. The lowest BCUT2D eigenvalue weighted by atomic mass is 9.82. The molecule has 0 unspecified atom stereocenters. The molecule has 0 radical (unpaired) electrons. The van der Waals surface area contributed by atoms with Gasteiger partial charge in [0.15, 0.2) is 0 Å². The van der Waals surface area contributed by atoms with Crippen LogP contribution in [0, 0.1) is 5.41 Å². The second-order valence-electron chi connectivity index (χ2n) is 4.58. The van der Waals surface area contributed by atoms with Crippen LogP contribution in [0.1, 0.15) is 13.3 Å². The molecule has 0 aliphatic carbocycles. The minimum absolute atomic E-state index is 0.111. The number of nitrogens with zero attached hydrogens (tertiary/aromatic N) is 2. The molecular weight excluding hydrogens is 232 g/mol. The maximum atomic E-state index is 12.2. The number of carbonyl (C=O) groups excluding carboxylic acids is 1. The Kier molecular flexibility index (Phi) is 3.52. The highest BCUT2D eigenvalue weighted by Crippen LogP contribution is 2.32. The lowest BCUT2D eigenvalue weighted by Gasteiger charge is -2.37. The molecule has 18 heavy (non-hydrogen) atoms. The van der Waals surface area contributed by atoms with Gasteiger partial charge in [-0.25, -0.2) is 0 Å². The van der Waals surface area contributed by atoms with Crippen molar-refractivity contribution < 1.29 is 14.3 Å². The third-order valence-corrected chi connectivity index (χ3v) is 3.43. The molecule has 5 heteroatoms. The van der Waals surface area contributed by atoms with Crippen LogP contribution in [0.2, 0.25) is 0 Å². The molecule has 0 N–H and O–H groups in total. The highest BCUT2D eigenvalue weighted by Gasteiger charge is 2.44. The molecular formula is C13H18N2O3. The van der Waals surface area contributed by atoms with Gasteiger partial charge in [-0.3, -0.25) is 4.79 Å². The van der Waals surface area contributed by atoms with Crippen molar-refractivity contribution in [1.82, 2.24) is 4.57 Å². The van der Waals surface area contributed by atoms with Crippen molar-refractivity contribution in [3.63, 3.8) is 0 Å². The lowest BCUT2D eigenvalue weighted by Crippen LogP contribution is -2.48. The molecule has 0 spiro atoms. The van der Waals surface area contributed by atoms with Gasteiger partial charge in [0.1, 0.15) is 11.2 Å². The van der Waals surface area contributed by atoms with Gasteiger partial charge in [-0.1, -0.05) is 6.92 Å². The van der Waals surface area contributed by atoms with Gasteiger partial charge in [-0.15, -0.1) is 0 Å². The van der Waals surface area contributed by atoms with E-state index in [-0.39, 0.29) is 5.91 Å². The van der Waals surface area contributed by atoms with Crippen LogP contribution in [0.5, 0.6) is 5.75 Å². The van der Waals surface area contributed by atoms with Gasteiger partial charge < -0.3 is 14.0 Å². The minimum Gasteiger partial charge on any atom is -0.497 e. The summed E-state index contributed by atoms with van der Waals surface area (Å²) in [6.45, 7) is 2.93. The zero-order chi connectivity index (χ0) is 13.2. The van der Waals surface area contributed by atoms with Gasteiger partial charge in [0, 0.05) is 19.3 Å². The monoisotopic (exact) mass is 250 g/mol. The topological polar surface area (TPSA) is 52.8 Å². The van der Waals surface area contributed by atoms with E-state index in [2.05, 4.69) is 4.99 Å². The van der Waals surface area contributed by atoms with Gasteiger partial charge in [0.2, 0.25) is 0 Å². The van der Waals surface area contributed by atoms with Crippen molar-refractivity contribution in [2.75, 3.05) is 20.3 Å². The van der Waals surface area contributed by atoms with Crippen molar-refractivity contribution >= 4 is 5.91 Å². The van der Waals surface area contributed by atoms with E-state index in [0.717, 1.165) is 6.42 Å². The summed E-state index contributed by atoms with van der Waals surface area (Å²) in [7, 11) is 3.44. The third kappa shape index (κ3) is 2.18. The van der Waals surface area contributed by atoms with E-state index in [0.29, 0.717) is 24.5 Å². The van der Waals surface area contributed by atoms with E-state index in [9.17, 15) is 4.79 Å². The number of amides is 1. The fraction of sp³-hybridized carbons (Fsp3) is 0.538. The largest absolute Gasteiger partial charge is 0.497 e. The first-order chi connectivity index (χ1) is 8.61. The zero-order valence-electron chi connectivity index (χ0n) is 11.0. The van der Waals surface area contributed by atoms with Crippen LogP contribution < -0.4 is 10.2 Å². The summed E-state index contributed by atoms with van der Waals surface area (Å²) in [5.74, 6) is 0.579.